The van der Waals surface area contributed by atoms with Crippen LogP contribution in [-0.2, 0) is 0 Å². The second-order valence-corrected chi connectivity index (χ2v) is 2.83. The molecule has 1 rings (SSSR count). The molecule has 0 bridgehead atoms. The number of allylic oxidation sites excluding steroid dienone is 1. The standard InChI is InChI=1S/C11H13F/c1-10(12)6-5-9-11-7-3-2-4-8-11/h2-5,7-10H,6H2,1H3/b9-5+. The zero-order valence-electron chi connectivity index (χ0n) is 7.20. The predicted molar refractivity (Wildman–Crippen MR) is 50.7 cm³/mol. The molecule has 0 radical (unpaired) electrons. The molecule has 0 aromatic heterocycles. The highest BCUT2D eigenvalue weighted by molar-refractivity contribution is 5.48. The van der Waals surface area contributed by atoms with Gasteiger partial charge in [0.1, 0.15) is 6.17 Å². The van der Waals surface area contributed by atoms with Crippen LogP contribution in [0.25, 0.3) is 6.08 Å². The van der Waals surface area contributed by atoms with Crippen molar-refractivity contribution >= 4 is 6.08 Å². The van der Waals surface area contributed by atoms with Crippen LogP contribution in [-0.4, -0.2) is 6.17 Å². The zero-order valence-corrected chi connectivity index (χ0v) is 7.20. The Morgan fingerprint density at radius 3 is 2.58 bits per heavy atom. The summed E-state index contributed by atoms with van der Waals surface area (Å²) in [6.45, 7) is 1.56. The topological polar surface area (TPSA) is 0 Å². The van der Waals surface area contributed by atoms with Gasteiger partial charge in [-0.15, -0.1) is 0 Å². The van der Waals surface area contributed by atoms with E-state index in [9.17, 15) is 4.39 Å². The average molecular weight is 164 g/mol. The highest BCUT2D eigenvalue weighted by atomic mass is 19.1. The maximum atomic E-state index is 12.4. The first-order valence-corrected chi connectivity index (χ1v) is 4.14. The van der Waals surface area contributed by atoms with Crippen molar-refractivity contribution in [2.75, 3.05) is 0 Å². The van der Waals surface area contributed by atoms with E-state index in [1.165, 1.54) is 0 Å². The SMILES string of the molecule is CC(F)C/C=C/c1ccccc1. The summed E-state index contributed by atoms with van der Waals surface area (Å²) in [7, 11) is 0. The molecule has 0 saturated heterocycles. The quantitative estimate of drug-likeness (QED) is 0.641. The summed E-state index contributed by atoms with van der Waals surface area (Å²) < 4.78 is 12.4. The van der Waals surface area contributed by atoms with Gasteiger partial charge in [-0.2, -0.15) is 0 Å². The molecule has 0 fully saturated rings. The van der Waals surface area contributed by atoms with E-state index >= 15 is 0 Å². The Hall–Kier alpha value is -1.11. The molecule has 0 heterocycles. The first kappa shape index (κ1) is 8.98. The van der Waals surface area contributed by atoms with E-state index in [0.29, 0.717) is 6.42 Å². The van der Waals surface area contributed by atoms with Crippen molar-refractivity contribution < 1.29 is 4.39 Å². The fraction of sp³-hybridized carbons (Fsp3) is 0.273. The molecule has 0 aliphatic rings. The van der Waals surface area contributed by atoms with Gasteiger partial charge in [-0.25, -0.2) is 4.39 Å². The molecule has 0 nitrogen and oxygen atoms in total. The van der Waals surface area contributed by atoms with E-state index in [4.69, 9.17) is 0 Å². The number of hydrogen-bond donors (Lipinski definition) is 0. The van der Waals surface area contributed by atoms with Crippen LogP contribution in [0.2, 0.25) is 0 Å². The monoisotopic (exact) mass is 164 g/mol. The Morgan fingerprint density at radius 2 is 2.00 bits per heavy atom. The Morgan fingerprint density at radius 1 is 1.33 bits per heavy atom. The van der Waals surface area contributed by atoms with Crippen LogP contribution in [0.3, 0.4) is 0 Å². The Bertz CT molecular complexity index is 236. The molecule has 0 aliphatic heterocycles. The fourth-order valence-corrected chi connectivity index (χ4v) is 0.956. The van der Waals surface area contributed by atoms with Crippen molar-refractivity contribution in [1.29, 1.82) is 0 Å². The third kappa shape index (κ3) is 3.33. The van der Waals surface area contributed by atoms with E-state index in [2.05, 4.69) is 0 Å². The summed E-state index contributed by atoms with van der Waals surface area (Å²) in [5, 5.41) is 0. The van der Waals surface area contributed by atoms with Gasteiger partial charge in [0, 0.05) is 0 Å². The largest absolute Gasteiger partial charge is 0.247 e. The lowest BCUT2D eigenvalue weighted by atomic mass is 10.2. The molecule has 0 saturated carbocycles. The molecule has 64 valence electrons. The second kappa shape index (κ2) is 4.70. The highest BCUT2D eigenvalue weighted by Crippen LogP contribution is 2.04. The van der Waals surface area contributed by atoms with Crippen LogP contribution in [0.5, 0.6) is 0 Å². The van der Waals surface area contributed by atoms with E-state index in [1.54, 1.807) is 6.92 Å². The molecule has 1 unspecified atom stereocenters. The Balaban J connectivity index is 2.47. The van der Waals surface area contributed by atoms with Gasteiger partial charge in [0.05, 0.1) is 0 Å². The van der Waals surface area contributed by atoms with Crippen LogP contribution in [0.4, 0.5) is 4.39 Å². The van der Waals surface area contributed by atoms with Crippen molar-refractivity contribution in [2.45, 2.75) is 19.5 Å². The summed E-state index contributed by atoms with van der Waals surface area (Å²) in [6, 6.07) is 9.91. The van der Waals surface area contributed by atoms with Gasteiger partial charge in [-0.3, -0.25) is 0 Å². The minimum atomic E-state index is -0.745. The molecular formula is C11H13F. The first-order valence-electron chi connectivity index (χ1n) is 4.14. The molecule has 1 aromatic carbocycles. The molecule has 0 amide bonds. The first-order chi connectivity index (χ1) is 5.79. The molecule has 0 N–H and O–H groups in total. The third-order valence-corrected chi connectivity index (χ3v) is 1.57. The number of alkyl halides is 1. The van der Waals surface area contributed by atoms with Crippen molar-refractivity contribution in [3.8, 4) is 0 Å². The maximum absolute atomic E-state index is 12.4. The van der Waals surface area contributed by atoms with Gasteiger partial charge in [0.25, 0.3) is 0 Å². The molecule has 1 atom stereocenters. The van der Waals surface area contributed by atoms with Gasteiger partial charge < -0.3 is 0 Å². The van der Waals surface area contributed by atoms with Crippen LogP contribution < -0.4 is 0 Å². The van der Waals surface area contributed by atoms with Crippen molar-refractivity contribution in [2.24, 2.45) is 0 Å². The van der Waals surface area contributed by atoms with E-state index in [1.807, 2.05) is 42.5 Å². The predicted octanol–water partition coefficient (Wildman–Crippen LogP) is 3.45. The molecule has 12 heavy (non-hydrogen) atoms. The molecular weight excluding hydrogens is 151 g/mol. The minimum Gasteiger partial charge on any atom is -0.247 e. The zero-order chi connectivity index (χ0) is 8.81. The molecule has 0 spiro atoms. The molecule has 1 aromatic rings. The Kier molecular flexibility index (Phi) is 3.52. The van der Waals surface area contributed by atoms with E-state index in [-0.39, 0.29) is 0 Å². The lowest BCUT2D eigenvalue weighted by Gasteiger charge is -1.93. The molecule has 1 heteroatoms. The summed E-state index contributed by atoms with van der Waals surface area (Å²) in [4.78, 5) is 0. The van der Waals surface area contributed by atoms with Crippen LogP contribution >= 0.6 is 0 Å². The Labute approximate surface area is 72.7 Å². The van der Waals surface area contributed by atoms with Gasteiger partial charge >= 0.3 is 0 Å². The van der Waals surface area contributed by atoms with Crippen LogP contribution in [0, 0.1) is 0 Å². The number of rotatable bonds is 3. The molecule has 0 aliphatic carbocycles. The number of halogens is 1. The smallest absolute Gasteiger partial charge is 0.101 e. The minimum absolute atomic E-state index is 0.495. The van der Waals surface area contributed by atoms with Crippen molar-refractivity contribution in [3.63, 3.8) is 0 Å². The van der Waals surface area contributed by atoms with E-state index < -0.39 is 6.17 Å². The summed E-state index contributed by atoms with van der Waals surface area (Å²) >= 11 is 0. The van der Waals surface area contributed by atoms with Crippen molar-refractivity contribution in [3.05, 3.63) is 42.0 Å². The van der Waals surface area contributed by atoms with E-state index in [0.717, 1.165) is 5.56 Å². The number of benzene rings is 1. The summed E-state index contributed by atoms with van der Waals surface area (Å²) in [5.74, 6) is 0. The fourth-order valence-electron chi connectivity index (χ4n) is 0.956. The second-order valence-electron chi connectivity index (χ2n) is 2.83. The normalized spacial score (nSPS) is 13.5. The van der Waals surface area contributed by atoms with Gasteiger partial charge in [0.15, 0.2) is 0 Å². The maximum Gasteiger partial charge on any atom is 0.101 e. The summed E-state index contributed by atoms with van der Waals surface area (Å²) in [6.07, 6.45) is 3.55. The van der Waals surface area contributed by atoms with Crippen molar-refractivity contribution in [1.82, 2.24) is 0 Å². The number of hydrogen-bond acceptors (Lipinski definition) is 0. The van der Waals surface area contributed by atoms with Gasteiger partial charge in [-0.1, -0.05) is 42.5 Å². The third-order valence-electron chi connectivity index (χ3n) is 1.57. The average Bonchev–Trinajstić information content (AvgIpc) is 2.05. The van der Waals surface area contributed by atoms with Gasteiger partial charge in [-0.05, 0) is 18.9 Å². The van der Waals surface area contributed by atoms with Crippen LogP contribution in [0.15, 0.2) is 36.4 Å². The highest BCUT2D eigenvalue weighted by Gasteiger charge is 1.91. The van der Waals surface area contributed by atoms with Gasteiger partial charge in [0.2, 0.25) is 0 Å². The summed E-state index contributed by atoms with van der Waals surface area (Å²) in [5.41, 5.74) is 1.12. The lowest BCUT2D eigenvalue weighted by Crippen LogP contribution is -1.86. The lowest BCUT2D eigenvalue weighted by molar-refractivity contribution is 0.365. The van der Waals surface area contributed by atoms with Crippen LogP contribution in [0.1, 0.15) is 18.9 Å².